The van der Waals surface area contributed by atoms with Crippen LogP contribution in [-0.2, 0) is 0 Å². The van der Waals surface area contributed by atoms with E-state index in [4.69, 9.17) is 14.6 Å². The molecule has 0 saturated carbocycles. The lowest BCUT2D eigenvalue weighted by molar-refractivity contribution is 0.104. The first-order valence-electron chi connectivity index (χ1n) is 6.42. The zero-order valence-electron chi connectivity index (χ0n) is 11.5. The second kappa shape index (κ2) is 8.74. The molecule has 1 aromatic rings. The first-order chi connectivity index (χ1) is 9.15. The molecule has 0 saturated heterocycles. The number of methoxy groups -OCH3 is 1. The molecule has 1 rings (SSSR count). The Balaban J connectivity index is 2.20. The van der Waals surface area contributed by atoms with Gasteiger partial charge in [-0.25, -0.2) is 0 Å². The monoisotopic (exact) mass is 269 g/mol. The minimum Gasteiger partial charge on any atom is -0.497 e. The van der Waals surface area contributed by atoms with Crippen LogP contribution in [0.4, 0.5) is 0 Å². The Morgan fingerprint density at radius 2 is 1.79 bits per heavy atom. The van der Waals surface area contributed by atoms with Gasteiger partial charge < -0.3 is 25.0 Å². The summed E-state index contributed by atoms with van der Waals surface area (Å²) in [6.07, 6.45) is -0.576. The summed E-state index contributed by atoms with van der Waals surface area (Å²) >= 11 is 0. The van der Waals surface area contributed by atoms with E-state index in [9.17, 15) is 5.11 Å². The Morgan fingerprint density at radius 3 is 2.37 bits per heavy atom. The van der Waals surface area contributed by atoms with Crippen molar-refractivity contribution in [3.63, 3.8) is 0 Å². The van der Waals surface area contributed by atoms with Gasteiger partial charge in [0.25, 0.3) is 0 Å². The van der Waals surface area contributed by atoms with Gasteiger partial charge >= 0.3 is 0 Å². The van der Waals surface area contributed by atoms with Crippen LogP contribution in [0.2, 0.25) is 0 Å². The van der Waals surface area contributed by atoms with Crippen LogP contribution in [-0.4, -0.2) is 49.7 Å². The molecule has 0 fully saturated rings. The van der Waals surface area contributed by atoms with E-state index < -0.39 is 6.10 Å². The van der Waals surface area contributed by atoms with E-state index in [1.807, 2.05) is 19.1 Å². The molecule has 0 aliphatic heterocycles. The fourth-order valence-electron chi connectivity index (χ4n) is 1.48. The van der Waals surface area contributed by atoms with Crippen LogP contribution in [0.15, 0.2) is 24.3 Å². The van der Waals surface area contributed by atoms with Crippen molar-refractivity contribution in [2.75, 3.05) is 33.4 Å². The number of aliphatic hydroxyl groups is 2. The largest absolute Gasteiger partial charge is 0.497 e. The molecular formula is C14H23NO4. The van der Waals surface area contributed by atoms with Crippen LogP contribution >= 0.6 is 0 Å². The normalized spacial score (nSPS) is 13.9. The van der Waals surface area contributed by atoms with Gasteiger partial charge in [-0.05, 0) is 36.7 Å². The van der Waals surface area contributed by atoms with Crippen LogP contribution in [0, 0.1) is 5.92 Å². The first-order valence-corrected chi connectivity index (χ1v) is 6.42. The zero-order valence-corrected chi connectivity index (χ0v) is 11.5. The number of ether oxygens (including phenoxy) is 2. The van der Waals surface area contributed by atoms with Crippen LogP contribution < -0.4 is 14.8 Å². The number of aliphatic hydroxyl groups excluding tert-OH is 2. The number of rotatable bonds is 9. The molecule has 2 atom stereocenters. The molecule has 0 spiro atoms. The average Bonchev–Trinajstić information content (AvgIpc) is 2.45. The third-order valence-corrected chi connectivity index (χ3v) is 2.69. The molecule has 5 heteroatoms. The fraction of sp³-hybridized carbons (Fsp3) is 0.571. The van der Waals surface area contributed by atoms with Crippen LogP contribution in [0.5, 0.6) is 11.5 Å². The van der Waals surface area contributed by atoms with Crippen molar-refractivity contribution in [2.24, 2.45) is 5.92 Å². The van der Waals surface area contributed by atoms with Crippen molar-refractivity contribution in [3.8, 4) is 11.5 Å². The molecule has 0 amide bonds. The minimum absolute atomic E-state index is 0.144. The van der Waals surface area contributed by atoms with E-state index in [2.05, 4.69) is 5.32 Å². The quantitative estimate of drug-likeness (QED) is 0.614. The number of nitrogens with one attached hydrogen (secondary N) is 1. The lowest BCUT2D eigenvalue weighted by Gasteiger charge is -2.15. The van der Waals surface area contributed by atoms with Crippen LogP contribution in [0.1, 0.15) is 6.92 Å². The van der Waals surface area contributed by atoms with Gasteiger partial charge in [-0.1, -0.05) is 6.92 Å². The maximum atomic E-state index is 9.72. The highest BCUT2D eigenvalue weighted by atomic mass is 16.5. The Labute approximate surface area is 114 Å². The van der Waals surface area contributed by atoms with Gasteiger partial charge in [-0.15, -0.1) is 0 Å². The minimum atomic E-state index is -0.576. The van der Waals surface area contributed by atoms with E-state index in [1.165, 1.54) is 0 Å². The number of hydrogen-bond acceptors (Lipinski definition) is 5. The van der Waals surface area contributed by atoms with Crippen molar-refractivity contribution in [1.29, 1.82) is 0 Å². The predicted octanol–water partition coefficient (Wildman–Crippen LogP) is 0.653. The number of hydrogen-bond donors (Lipinski definition) is 3. The van der Waals surface area contributed by atoms with E-state index in [1.54, 1.807) is 19.2 Å². The highest BCUT2D eigenvalue weighted by molar-refractivity contribution is 5.31. The van der Waals surface area contributed by atoms with Crippen LogP contribution in [0.25, 0.3) is 0 Å². The topological polar surface area (TPSA) is 71.0 Å². The van der Waals surface area contributed by atoms with Gasteiger partial charge in [0.1, 0.15) is 24.2 Å². The predicted molar refractivity (Wildman–Crippen MR) is 73.6 cm³/mol. The van der Waals surface area contributed by atoms with Crippen molar-refractivity contribution in [1.82, 2.24) is 5.32 Å². The third-order valence-electron chi connectivity index (χ3n) is 2.69. The lowest BCUT2D eigenvalue weighted by atomic mass is 10.2. The molecule has 108 valence electrons. The fourth-order valence-corrected chi connectivity index (χ4v) is 1.48. The summed E-state index contributed by atoms with van der Waals surface area (Å²) in [5, 5.41) is 21.7. The highest BCUT2D eigenvalue weighted by Gasteiger charge is 2.06. The van der Waals surface area contributed by atoms with Gasteiger partial charge in [0.05, 0.1) is 7.11 Å². The van der Waals surface area contributed by atoms with Crippen molar-refractivity contribution < 1.29 is 19.7 Å². The van der Waals surface area contributed by atoms with Gasteiger partial charge in [0.15, 0.2) is 0 Å². The molecule has 1 aromatic carbocycles. The van der Waals surface area contributed by atoms with Crippen molar-refractivity contribution in [2.45, 2.75) is 13.0 Å². The molecule has 0 aromatic heterocycles. The molecule has 0 radical (unpaired) electrons. The Hall–Kier alpha value is -1.30. The molecule has 0 bridgehead atoms. The summed E-state index contributed by atoms with van der Waals surface area (Å²) in [4.78, 5) is 0. The Morgan fingerprint density at radius 1 is 1.16 bits per heavy atom. The molecule has 3 N–H and O–H groups in total. The maximum Gasteiger partial charge on any atom is 0.119 e. The molecule has 5 nitrogen and oxygen atoms in total. The molecule has 0 aliphatic carbocycles. The van der Waals surface area contributed by atoms with Crippen molar-refractivity contribution >= 4 is 0 Å². The lowest BCUT2D eigenvalue weighted by Crippen LogP contribution is -2.34. The summed E-state index contributed by atoms with van der Waals surface area (Å²) in [5.41, 5.74) is 0. The van der Waals surface area contributed by atoms with Gasteiger partial charge in [-0.3, -0.25) is 0 Å². The Bertz CT molecular complexity index is 342. The molecule has 19 heavy (non-hydrogen) atoms. The first kappa shape index (κ1) is 15.8. The SMILES string of the molecule is COc1ccc(OCC(O)CNCC(C)CO)cc1. The summed E-state index contributed by atoms with van der Waals surface area (Å²) < 4.78 is 10.5. The van der Waals surface area contributed by atoms with Crippen molar-refractivity contribution in [3.05, 3.63) is 24.3 Å². The Kier molecular flexibility index (Phi) is 7.25. The summed E-state index contributed by atoms with van der Waals surface area (Å²) in [6, 6.07) is 7.21. The summed E-state index contributed by atoms with van der Waals surface area (Å²) in [6.45, 7) is 3.43. The van der Waals surface area contributed by atoms with E-state index >= 15 is 0 Å². The standard InChI is InChI=1S/C14H23NO4/c1-11(9-16)7-15-8-12(17)10-19-14-5-3-13(18-2)4-6-14/h3-6,11-12,15-17H,7-10H2,1-2H3. The maximum absolute atomic E-state index is 9.72. The second-order valence-electron chi connectivity index (χ2n) is 4.59. The van der Waals surface area contributed by atoms with E-state index in [-0.39, 0.29) is 19.1 Å². The molecule has 2 unspecified atom stereocenters. The van der Waals surface area contributed by atoms with Gasteiger partial charge in [0, 0.05) is 13.2 Å². The average molecular weight is 269 g/mol. The van der Waals surface area contributed by atoms with Gasteiger partial charge in [-0.2, -0.15) is 0 Å². The molecule has 0 aliphatic rings. The zero-order chi connectivity index (χ0) is 14.1. The summed E-state index contributed by atoms with van der Waals surface area (Å²) in [7, 11) is 1.61. The third kappa shape index (κ3) is 6.42. The molecular weight excluding hydrogens is 246 g/mol. The smallest absolute Gasteiger partial charge is 0.119 e. The summed E-state index contributed by atoms with van der Waals surface area (Å²) in [5.74, 6) is 1.66. The van der Waals surface area contributed by atoms with E-state index in [0.717, 1.165) is 5.75 Å². The van der Waals surface area contributed by atoms with Gasteiger partial charge in [0.2, 0.25) is 0 Å². The van der Waals surface area contributed by atoms with E-state index in [0.29, 0.717) is 18.8 Å². The molecule has 0 heterocycles. The second-order valence-corrected chi connectivity index (χ2v) is 4.59. The highest BCUT2D eigenvalue weighted by Crippen LogP contribution is 2.16. The van der Waals surface area contributed by atoms with Crippen LogP contribution in [0.3, 0.4) is 0 Å². The number of benzene rings is 1.